The minimum absolute atomic E-state index is 0.390. The Labute approximate surface area is 148 Å². The molecule has 0 saturated heterocycles. The molecule has 0 bridgehead atoms. The second-order valence-electron chi connectivity index (χ2n) is 5.26. The third-order valence-electron chi connectivity index (χ3n) is 3.94. The molecule has 0 aliphatic heterocycles. The molecular weight excluding hydrogens is 424 g/mol. The topological polar surface area (TPSA) is 43.4 Å². The van der Waals surface area contributed by atoms with Crippen LogP contribution in [0.4, 0.5) is 0 Å². The molecule has 2 aromatic carbocycles. The van der Waals surface area contributed by atoms with E-state index in [1.807, 2.05) is 49.4 Å². The number of fused-ring (bicyclic) bond motifs is 3. The molecule has 3 nitrogen and oxygen atoms in total. The van der Waals surface area contributed by atoms with E-state index in [-0.39, 0.29) is 5.63 Å². The van der Waals surface area contributed by atoms with E-state index in [4.69, 9.17) is 8.83 Å². The summed E-state index contributed by atoms with van der Waals surface area (Å²) in [5.74, 6) is 0. The fourth-order valence-corrected chi connectivity index (χ4v) is 3.70. The number of benzene rings is 2. The molecule has 0 radical (unpaired) electrons. The largest absolute Gasteiger partial charge is 0.449 e. The predicted octanol–water partition coefficient (Wildman–Crippen LogP) is 6.04. The molecular formula is C18H10Br2O3. The van der Waals surface area contributed by atoms with Crippen LogP contribution < -0.4 is 5.63 Å². The monoisotopic (exact) mass is 432 g/mol. The Morgan fingerprint density at radius 2 is 1.70 bits per heavy atom. The Balaban J connectivity index is 2.24. The molecule has 23 heavy (non-hydrogen) atoms. The van der Waals surface area contributed by atoms with Crippen LogP contribution in [0.5, 0.6) is 0 Å². The molecule has 0 fully saturated rings. The van der Waals surface area contributed by atoms with Crippen LogP contribution in [0.3, 0.4) is 0 Å². The molecule has 0 unspecified atom stereocenters. The maximum atomic E-state index is 12.1. The second kappa shape index (κ2) is 5.35. The number of furan rings is 1. The van der Waals surface area contributed by atoms with E-state index in [1.165, 1.54) is 0 Å². The summed E-state index contributed by atoms with van der Waals surface area (Å²) in [4.78, 5) is 12.1. The summed E-state index contributed by atoms with van der Waals surface area (Å²) in [5, 5.41) is 1.68. The SMILES string of the molecule is Cc1c(Br)c(=O)oc2c1ccc1oc(Br)c(-c3ccccc3)c12. The van der Waals surface area contributed by atoms with Crippen molar-refractivity contribution >= 4 is 53.8 Å². The van der Waals surface area contributed by atoms with Crippen molar-refractivity contribution in [2.75, 3.05) is 0 Å². The average Bonchev–Trinajstić information content (AvgIpc) is 2.90. The Morgan fingerprint density at radius 1 is 0.957 bits per heavy atom. The lowest BCUT2D eigenvalue weighted by Gasteiger charge is -2.05. The lowest BCUT2D eigenvalue weighted by atomic mass is 10.0. The molecule has 2 heterocycles. The number of halogens is 2. The van der Waals surface area contributed by atoms with E-state index < -0.39 is 0 Å². The lowest BCUT2D eigenvalue weighted by molar-refractivity contribution is 0.557. The standard InChI is InChI=1S/C18H10Br2O3/c1-9-11-7-8-12-14(16(11)23-18(21)15(9)19)13(17(20)22-12)10-5-3-2-4-6-10/h2-8H,1H3. The summed E-state index contributed by atoms with van der Waals surface area (Å²) in [6, 6.07) is 13.7. The molecule has 5 heteroatoms. The van der Waals surface area contributed by atoms with Crippen LogP contribution in [0.2, 0.25) is 0 Å². The predicted molar refractivity (Wildman–Crippen MR) is 97.8 cm³/mol. The third kappa shape index (κ3) is 2.18. The molecule has 4 aromatic rings. The summed E-state index contributed by atoms with van der Waals surface area (Å²) in [6.07, 6.45) is 0. The molecule has 0 amide bonds. The van der Waals surface area contributed by atoms with Crippen LogP contribution in [0.15, 0.2) is 65.2 Å². The van der Waals surface area contributed by atoms with Gasteiger partial charge >= 0.3 is 5.63 Å². The summed E-state index contributed by atoms with van der Waals surface area (Å²) < 4.78 is 12.5. The van der Waals surface area contributed by atoms with Crippen molar-refractivity contribution < 1.29 is 8.83 Å². The maximum Gasteiger partial charge on any atom is 0.350 e. The van der Waals surface area contributed by atoms with Crippen molar-refractivity contribution in [1.29, 1.82) is 0 Å². The lowest BCUT2D eigenvalue weighted by Crippen LogP contribution is -2.02. The quantitative estimate of drug-likeness (QED) is 0.343. The van der Waals surface area contributed by atoms with E-state index in [2.05, 4.69) is 31.9 Å². The second-order valence-corrected chi connectivity index (χ2v) is 6.77. The normalized spacial score (nSPS) is 11.4. The van der Waals surface area contributed by atoms with Gasteiger partial charge in [-0.3, -0.25) is 0 Å². The summed E-state index contributed by atoms with van der Waals surface area (Å²) in [6.45, 7) is 1.90. The van der Waals surface area contributed by atoms with E-state index >= 15 is 0 Å². The van der Waals surface area contributed by atoms with Gasteiger partial charge in [0.25, 0.3) is 0 Å². The average molecular weight is 434 g/mol. The summed E-state index contributed by atoms with van der Waals surface area (Å²) >= 11 is 6.78. The van der Waals surface area contributed by atoms with Crippen LogP contribution in [-0.2, 0) is 0 Å². The zero-order valence-electron chi connectivity index (χ0n) is 12.0. The first-order valence-electron chi connectivity index (χ1n) is 6.97. The smallest absolute Gasteiger partial charge is 0.350 e. The number of aryl methyl sites for hydroxylation is 1. The third-order valence-corrected chi connectivity index (χ3v) is 5.41. The summed E-state index contributed by atoms with van der Waals surface area (Å²) in [5.41, 5.74) is 3.56. The van der Waals surface area contributed by atoms with Gasteiger partial charge in [0.05, 0.1) is 5.39 Å². The minimum atomic E-state index is -0.390. The van der Waals surface area contributed by atoms with Gasteiger partial charge in [-0.25, -0.2) is 4.79 Å². The van der Waals surface area contributed by atoms with Crippen LogP contribution in [0, 0.1) is 6.92 Å². The van der Waals surface area contributed by atoms with Gasteiger partial charge in [0, 0.05) is 10.9 Å². The Morgan fingerprint density at radius 3 is 2.43 bits per heavy atom. The Hall–Kier alpha value is -1.85. The number of rotatable bonds is 1. The van der Waals surface area contributed by atoms with Gasteiger partial charge in [-0.15, -0.1) is 0 Å². The van der Waals surface area contributed by atoms with Gasteiger partial charge in [0.15, 0.2) is 10.3 Å². The number of hydrogen-bond acceptors (Lipinski definition) is 3. The first kappa shape index (κ1) is 14.7. The van der Waals surface area contributed by atoms with Crippen molar-refractivity contribution in [2.24, 2.45) is 0 Å². The van der Waals surface area contributed by atoms with Crippen molar-refractivity contribution in [3.8, 4) is 11.1 Å². The first-order chi connectivity index (χ1) is 11.1. The van der Waals surface area contributed by atoms with Gasteiger partial charge in [-0.05, 0) is 62.0 Å². The number of hydrogen-bond donors (Lipinski definition) is 0. The van der Waals surface area contributed by atoms with E-state index in [0.29, 0.717) is 20.3 Å². The highest BCUT2D eigenvalue weighted by Crippen LogP contribution is 2.42. The summed E-state index contributed by atoms with van der Waals surface area (Å²) in [7, 11) is 0. The highest BCUT2D eigenvalue weighted by atomic mass is 79.9. The molecule has 0 aliphatic rings. The Kier molecular flexibility index (Phi) is 3.43. The molecule has 0 saturated carbocycles. The molecule has 0 aliphatic carbocycles. The highest BCUT2D eigenvalue weighted by molar-refractivity contribution is 9.10. The molecule has 2 aromatic heterocycles. The van der Waals surface area contributed by atoms with Crippen molar-refractivity contribution in [3.63, 3.8) is 0 Å². The van der Waals surface area contributed by atoms with E-state index in [0.717, 1.165) is 27.5 Å². The van der Waals surface area contributed by atoms with Crippen LogP contribution in [0.25, 0.3) is 33.1 Å². The maximum absolute atomic E-state index is 12.1. The van der Waals surface area contributed by atoms with Gasteiger partial charge in [0.1, 0.15) is 10.1 Å². The molecule has 114 valence electrons. The van der Waals surface area contributed by atoms with Gasteiger partial charge < -0.3 is 8.83 Å². The molecule has 4 rings (SSSR count). The molecule has 0 atom stereocenters. The van der Waals surface area contributed by atoms with Crippen LogP contribution >= 0.6 is 31.9 Å². The molecule has 0 N–H and O–H groups in total. The van der Waals surface area contributed by atoms with E-state index in [1.54, 1.807) is 0 Å². The van der Waals surface area contributed by atoms with Gasteiger partial charge in [-0.2, -0.15) is 0 Å². The highest BCUT2D eigenvalue weighted by Gasteiger charge is 2.20. The van der Waals surface area contributed by atoms with E-state index in [9.17, 15) is 4.79 Å². The fraction of sp³-hybridized carbons (Fsp3) is 0.0556. The van der Waals surface area contributed by atoms with Gasteiger partial charge in [-0.1, -0.05) is 30.3 Å². The zero-order chi connectivity index (χ0) is 16.1. The molecule has 0 spiro atoms. The van der Waals surface area contributed by atoms with Crippen LogP contribution in [0.1, 0.15) is 5.56 Å². The van der Waals surface area contributed by atoms with Crippen molar-refractivity contribution in [1.82, 2.24) is 0 Å². The van der Waals surface area contributed by atoms with Crippen molar-refractivity contribution in [3.05, 3.63) is 67.6 Å². The van der Waals surface area contributed by atoms with Gasteiger partial charge in [0.2, 0.25) is 0 Å². The van der Waals surface area contributed by atoms with Crippen molar-refractivity contribution in [2.45, 2.75) is 6.92 Å². The van der Waals surface area contributed by atoms with Crippen LogP contribution in [-0.4, -0.2) is 0 Å². The zero-order valence-corrected chi connectivity index (χ0v) is 15.2. The first-order valence-corrected chi connectivity index (χ1v) is 8.56. The Bertz CT molecular complexity index is 1110. The fourth-order valence-electron chi connectivity index (χ4n) is 2.81. The minimum Gasteiger partial charge on any atom is -0.449 e.